The third-order valence-corrected chi connectivity index (χ3v) is 6.69. The van der Waals surface area contributed by atoms with E-state index >= 15 is 0 Å². The highest BCUT2D eigenvalue weighted by Crippen LogP contribution is 2.22. The number of nitrogens with zero attached hydrogens (tertiary/aromatic N) is 1. The van der Waals surface area contributed by atoms with Gasteiger partial charge in [-0.3, -0.25) is 4.79 Å². The van der Waals surface area contributed by atoms with Crippen molar-refractivity contribution in [1.82, 2.24) is 4.31 Å². The van der Waals surface area contributed by atoms with E-state index in [4.69, 9.17) is 32.7 Å². The normalized spacial score (nSPS) is 15.1. The maximum atomic E-state index is 12.7. The van der Waals surface area contributed by atoms with Gasteiger partial charge in [0.15, 0.2) is 6.61 Å². The predicted octanol–water partition coefficient (Wildman–Crippen LogP) is 3.05. The predicted molar refractivity (Wildman–Crippen MR) is 107 cm³/mol. The van der Waals surface area contributed by atoms with Crippen LogP contribution in [0.3, 0.4) is 0 Å². The van der Waals surface area contributed by atoms with Gasteiger partial charge in [0.25, 0.3) is 0 Å². The van der Waals surface area contributed by atoms with Gasteiger partial charge in [-0.25, -0.2) is 13.2 Å². The number of ether oxygens (including phenoxy) is 2. The summed E-state index contributed by atoms with van der Waals surface area (Å²) < 4.78 is 36.9. The van der Waals surface area contributed by atoms with Crippen LogP contribution in [0.2, 0.25) is 10.0 Å². The van der Waals surface area contributed by atoms with Gasteiger partial charge in [-0.15, -0.1) is 0 Å². The van der Waals surface area contributed by atoms with Gasteiger partial charge in [-0.2, -0.15) is 4.31 Å². The van der Waals surface area contributed by atoms with Crippen molar-refractivity contribution < 1.29 is 27.5 Å². The summed E-state index contributed by atoms with van der Waals surface area (Å²) in [6.07, 6.45) is 0. The average molecular weight is 458 g/mol. The maximum Gasteiger partial charge on any atom is 0.338 e. The van der Waals surface area contributed by atoms with Crippen LogP contribution < -0.4 is 0 Å². The van der Waals surface area contributed by atoms with Crippen LogP contribution in [0, 0.1) is 0 Å². The molecule has 0 aromatic heterocycles. The highest BCUT2D eigenvalue weighted by Gasteiger charge is 2.27. The molecule has 7 nitrogen and oxygen atoms in total. The van der Waals surface area contributed by atoms with Crippen molar-refractivity contribution in [2.24, 2.45) is 0 Å². The zero-order valence-electron chi connectivity index (χ0n) is 15.1. The Bertz CT molecular complexity index is 1030. The molecule has 154 valence electrons. The van der Waals surface area contributed by atoms with Gasteiger partial charge >= 0.3 is 5.97 Å². The number of ketones is 1. The Morgan fingerprint density at radius 1 is 1.07 bits per heavy atom. The number of carbonyl (C=O) groups is 2. The number of sulfonamides is 1. The summed E-state index contributed by atoms with van der Waals surface area (Å²) in [5, 5.41) is 0.527. The largest absolute Gasteiger partial charge is 0.454 e. The summed E-state index contributed by atoms with van der Waals surface area (Å²) in [7, 11) is -3.75. The molecular formula is C19H17Cl2NO6S. The molecule has 0 radical (unpaired) electrons. The number of hydrogen-bond acceptors (Lipinski definition) is 6. The Hall–Kier alpha value is -1.97. The minimum absolute atomic E-state index is 0.0225. The fourth-order valence-electron chi connectivity index (χ4n) is 2.73. The quantitative estimate of drug-likeness (QED) is 0.488. The van der Waals surface area contributed by atoms with Gasteiger partial charge in [0.1, 0.15) is 0 Å². The molecule has 1 aliphatic rings. The number of carbonyl (C=O) groups excluding carboxylic acids is 2. The molecule has 0 aliphatic carbocycles. The highest BCUT2D eigenvalue weighted by atomic mass is 35.5. The van der Waals surface area contributed by atoms with Gasteiger partial charge in [-0.05, 0) is 36.4 Å². The molecule has 29 heavy (non-hydrogen) atoms. The lowest BCUT2D eigenvalue weighted by molar-refractivity contribution is 0.0474. The highest BCUT2D eigenvalue weighted by molar-refractivity contribution is 7.89. The van der Waals surface area contributed by atoms with Crippen LogP contribution in [0.15, 0.2) is 47.4 Å². The first kappa shape index (κ1) is 21.7. The smallest absolute Gasteiger partial charge is 0.338 e. The molecule has 1 saturated heterocycles. The van der Waals surface area contributed by atoms with Crippen LogP contribution in [0.25, 0.3) is 0 Å². The second kappa shape index (κ2) is 9.23. The standard InChI is InChI=1S/C19H17Cl2NO6S/c20-14-4-5-16(17(21)11-14)18(23)12-28-19(24)13-2-1-3-15(10-13)29(25,26)22-6-8-27-9-7-22/h1-5,10-11H,6-9,12H2. The van der Waals surface area contributed by atoms with E-state index in [1.807, 2.05) is 0 Å². The van der Waals surface area contributed by atoms with E-state index in [2.05, 4.69) is 0 Å². The van der Waals surface area contributed by atoms with E-state index in [1.165, 1.54) is 46.8 Å². The topological polar surface area (TPSA) is 90.0 Å². The molecule has 0 N–H and O–H groups in total. The number of morpholine rings is 1. The number of esters is 1. The lowest BCUT2D eigenvalue weighted by Crippen LogP contribution is -2.40. The Labute approximate surface area is 178 Å². The van der Waals surface area contributed by atoms with Crippen LogP contribution in [0.1, 0.15) is 20.7 Å². The molecule has 2 aromatic rings. The maximum absolute atomic E-state index is 12.7. The van der Waals surface area contributed by atoms with E-state index in [9.17, 15) is 18.0 Å². The number of halogens is 2. The molecule has 0 unspecified atom stereocenters. The molecule has 2 aromatic carbocycles. The van der Waals surface area contributed by atoms with Crippen LogP contribution >= 0.6 is 23.2 Å². The van der Waals surface area contributed by atoms with Gasteiger partial charge in [-0.1, -0.05) is 29.3 Å². The SMILES string of the molecule is O=C(OCC(=O)c1ccc(Cl)cc1Cl)c1cccc(S(=O)(=O)N2CCOCC2)c1. The average Bonchev–Trinajstić information content (AvgIpc) is 2.72. The molecule has 1 aliphatic heterocycles. The van der Waals surface area contributed by atoms with Crippen molar-refractivity contribution in [2.75, 3.05) is 32.9 Å². The van der Waals surface area contributed by atoms with E-state index in [0.717, 1.165) is 0 Å². The first-order chi connectivity index (χ1) is 13.8. The molecule has 10 heteroatoms. The summed E-state index contributed by atoms with van der Waals surface area (Å²) in [4.78, 5) is 24.5. The third-order valence-electron chi connectivity index (χ3n) is 4.24. The van der Waals surface area contributed by atoms with Gasteiger partial charge in [0.05, 0.1) is 28.7 Å². The molecule has 0 amide bonds. The molecule has 1 fully saturated rings. The zero-order valence-corrected chi connectivity index (χ0v) is 17.5. The van der Waals surface area contributed by atoms with Crippen molar-refractivity contribution in [3.63, 3.8) is 0 Å². The summed E-state index contributed by atoms with van der Waals surface area (Å²) in [6, 6.07) is 9.85. The Morgan fingerprint density at radius 3 is 2.48 bits per heavy atom. The summed E-state index contributed by atoms with van der Waals surface area (Å²) >= 11 is 11.8. The summed E-state index contributed by atoms with van der Waals surface area (Å²) in [6.45, 7) is 0.577. The minimum Gasteiger partial charge on any atom is -0.454 e. The van der Waals surface area contributed by atoms with E-state index < -0.39 is 28.4 Å². The van der Waals surface area contributed by atoms with Crippen LogP contribution in [-0.2, 0) is 19.5 Å². The van der Waals surface area contributed by atoms with Crippen LogP contribution in [0.4, 0.5) is 0 Å². The van der Waals surface area contributed by atoms with E-state index in [1.54, 1.807) is 0 Å². The van der Waals surface area contributed by atoms with Crippen molar-refractivity contribution in [3.8, 4) is 0 Å². The van der Waals surface area contributed by atoms with Gasteiger partial charge in [0, 0.05) is 23.7 Å². The van der Waals surface area contributed by atoms with Crippen molar-refractivity contribution in [1.29, 1.82) is 0 Å². The van der Waals surface area contributed by atoms with E-state index in [-0.39, 0.29) is 34.1 Å². The minimum atomic E-state index is -3.75. The second-order valence-electron chi connectivity index (χ2n) is 6.17. The monoisotopic (exact) mass is 457 g/mol. The fourth-order valence-corrected chi connectivity index (χ4v) is 4.70. The first-order valence-electron chi connectivity index (χ1n) is 8.62. The fraction of sp³-hybridized carbons (Fsp3) is 0.263. The van der Waals surface area contributed by atoms with Crippen molar-refractivity contribution in [2.45, 2.75) is 4.90 Å². The van der Waals surface area contributed by atoms with Crippen molar-refractivity contribution >= 4 is 45.0 Å². The molecular weight excluding hydrogens is 441 g/mol. The number of Topliss-reactive ketones (excluding diaryl/α,β-unsaturated/α-hetero) is 1. The number of rotatable bonds is 6. The first-order valence-corrected chi connectivity index (χ1v) is 10.8. The second-order valence-corrected chi connectivity index (χ2v) is 8.95. The Morgan fingerprint density at radius 2 is 1.79 bits per heavy atom. The van der Waals surface area contributed by atoms with Gasteiger partial charge in [0.2, 0.25) is 15.8 Å². The van der Waals surface area contributed by atoms with E-state index in [0.29, 0.717) is 18.2 Å². The zero-order chi connectivity index (χ0) is 21.0. The Balaban J connectivity index is 1.70. The lowest BCUT2D eigenvalue weighted by Gasteiger charge is -2.26. The summed E-state index contributed by atoms with van der Waals surface area (Å²) in [5.41, 5.74) is 0.196. The molecule has 3 rings (SSSR count). The van der Waals surface area contributed by atoms with Crippen LogP contribution in [-0.4, -0.2) is 57.4 Å². The molecule has 0 bridgehead atoms. The molecule has 0 spiro atoms. The molecule has 0 atom stereocenters. The summed E-state index contributed by atoms with van der Waals surface area (Å²) in [5.74, 6) is -1.32. The van der Waals surface area contributed by atoms with Gasteiger partial charge < -0.3 is 9.47 Å². The number of hydrogen-bond donors (Lipinski definition) is 0. The Kier molecular flexibility index (Phi) is 6.92. The van der Waals surface area contributed by atoms with Crippen LogP contribution in [0.5, 0.6) is 0 Å². The third kappa shape index (κ3) is 5.15. The number of benzene rings is 2. The lowest BCUT2D eigenvalue weighted by atomic mass is 10.1. The van der Waals surface area contributed by atoms with Crippen molar-refractivity contribution in [3.05, 3.63) is 63.6 Å². The molecule has 1 heterocycles. The molecule has 0 saturated carbocycles.